The molecular weight excluding hydrogens is 399 g/mol. The van der Waals surface area contributed by atoms with Gasteiger partial charge in [-0.25, -0.2) is 9.18 Å². The Kier molecular flexibility index (Phi) is 5.81. The van der Waals surface area contributed by atoms with Crippen molar-refractivity contribution >= 4 is 11.8 Å². The average molecular weight is 424 g/mol. The molecule has 6 heteroatoms. The highest BCUT2D eigenvalue weighted by Gasteiger charge is 2.42. The number of aryl methyl sites for hydroxylation is 2. The average Bonchev–Trinajstić information content (AvgIpc) is 2.74. The van der Waals surface area contributed by atoms with E-state index in [2.05, 4.69) is 6.07 Å². The number of allylic oxidation sites excluding steroid dienone is 1. The number of halogens is 1. The maximum absolute atomic E-state index is 13.0. The number of ether oxygens (including phenoxy) is 3. The van der Waals surface area contributed by atoms with Gasteiger partial charge in [0.1, 0.15) is 30.0 Å². The summed E-state index contributed by atoms with van der Waals surface area (Å²) < 4.78 is 30.4. The van der Waals surface area contributed by atoms with E-state index in [0.29, 0.717) is 30.6 Å². The summed E-state index contributed by atoms with van der Waals surface area (Å²) in [5.41, 5.74) is 3.44. The molecule has 2 aliphatic rings. The molecule has 1 aliphatic heterocycles. The Bertz CT molecular complexity index is 1040. The van der Waals surface area contributed by atoms with Gasteiger partial charge in [-0.15, -0.1) is 0 Å². The van der Waals surface area contributed by atoms with Gasteiger partial charge in [0.25, 0.3) is 0 Å². The maximum atomic E-state index is 13.0. The Labute approximate surface area is 180 Å². The highest BCUT2D eigenvalue weighted by Crippen LogP contribution is 2.36. The number of carbonyl (C=O) groups excluding carboxylic acids is 2. The summed E-state index contributed by atoms with van der Waals surface area (Å²) in [4.78, 5) is 25.3. The number of rotatable bonds is 4. The van der Waals surface area contributed by atoms with Gasteiger partial charge in [0.05, 0.1) is 11.5 Å². The van der Waals surface area contributed by atoms with Crippen molar-refractivity contribution in [1.82, 2.24) is 0 Å². The Morgan fingerprint density at radius 3 is 2.58 bits per heavy atom. The van der Waals surface area contributed by atoms with E-state index in [1.165, 1.54) is 30.5 Å². The molecular formula is C25H25FO5. The van der Waals surface area contributed by atoms with Gasteiger partial charge in [0.15, 0.2) is 0 Å². The molecule has 3 unspecified atom stereocenters. The third kappa shape index (κ3) is 4.48. The topological polar surface area (TPSA) is 61.8 Å². The van der Waals surface area contributed by atoms with Crippen molar-refractivity contribution in [3.63, 3.8) is 0 Å². The minimum atomic E-state index is -0.504. The number of esters is 1. The van der Waals surface area contributed by atoms with Gasteiger partial charge in [-0.2, -0.15) is 0 Å². The fourth-order valence-corrected chi connectivity index (χ4v) is 4.14. The molecule has 1 fully saturated rings. The first-order chi connectivity index (χ1) is 14.8. The zero-order chi connectivity index (χ0) is 22.1. The molecule has 3 atom stereocenters. The van der Waals surface area contributed by atoms with Crippen molar-refractivity contribution in [3.05, 3.63) is 76.5 Å². The van der Waals surface area contributed by atoms with Crippen LogP contribution in [-0.2, 0) is 14.3 Å². The van der Waals surface area contributed by atoms with Gasteiger partial charge in [-0.05, 0) is 80.6 Å². The minimum absolute atomic E-state index is 0.0851. The summed E-state index contributed by atoms with van der Waals surface area (Å²) >= 11 is 0. The molecule has 162 valence electrons. The first-order valence-electron chi connectivity index (χ1n) is 10.4. The number of hydrogen-bond acceptors (Lipinski definition) is 5. The lowest BCUT2D eigenvalue weighted by molar-refractivity contribution is -0.132. The normalized spacial score (nSPS) is 22.8. The zero-order valence-corrected chi connectivity index (χ0v) is 17.8. The number of carbonyl (C=O) groups is 2. The molecule has 1 aliphatic carbocycles. The molecule has 1 heterocycles. The third-order valence-electron chi connectivity index (χ3n) is 6.01. The Morgan fingerprint density at radius 2 is 1.84 bits per heavy atom. The van der Waals surface area contributed by atoms with Crippen LogP contribution in [0.2, 0.25) is 0 Å². The molecule has 0 saturated heterocycles. The zero-order valence-electron chi connectivity index (χ0n) is 17.8. The van der Waals surface area contributed by atoms with Crippen LogP contribution in [0.25, 0.3) is 0 Å². The van der Waals surface area contributed by atoms with Gasteiger partial charge in [-0.3, -0.25) is 4.79 Å². The van der Waals surface area contributed by atoms with Crippen LogP contribution in [-0.4, -0.2) is 24.0 Å². The van der Waals surface area contributed by atoms with Gasteiger partial charge in [-0.1, -0.05) is 6.07 Å². The van der Waals surface area contributed by atoms with E-state index in [1.54, 1.807) is 0 Å². The van der Waals surface area contributed by atoms with Crippen LogP contribution in [0.4, 0.5) is 4.39 Å². The second-order valence-corrected chi connectivity index (χ2v) is 8.28. The molecule has 2 aromatic carbocycles. The second kappa shape index (κ2) is 8.53. The van der Waals surface area contributed by atoms with Crippen LogP contribution in [0.15, 0.2) is 48.4 Å². The first kappa shape index (κ1) is 21.1. The van der Waals surface area contributed by atoms with Crippen LogP contribution in [0, 0.1) is 32.5 Å². The number of fused-ring (bicyclic) bond motifs is 1. The van der Waals surface area contributed by atoms with Crippen molar-refractivity contribution < 1.29 is 28.2 Å². The predicted octanol–water partition coefficient (Wildman–Crippen LogP) is 4.96. The summed E-state index contributed by atoms with van der Waals surface area (Å²) in [5.74, 6) is -0.468. The Hall–Kier alpha value is -3.15. The van der Waals surface area contributed by atoms with Gasteiger partial charge >= 0.3 is 5.97 Å². The van der Waals surface area contributed by atoms with Crippen LogP contribution in [0.3, 0.4) is 0 Å². The smallest absolute Gasteiger partial charge is 0.338 e. The molecule has 4 rings (SSSR count). The van der Waals surface area contributed by atoms with E-state index in [1.807, 2.05) is 26.8 Å². The standard InChI is InChI=1S/C25H25FO5/c1-14-10-15(2)16(3)21(11-14)31-23-13-29-22-12-19(8-9-20(22)24(23)27)30-25(28)17-4-6-18(26)7-5-17/h4-7,10-11,13,19-20,22H,8-9,12H2,1-3H3. The molecule has 0 radical (unpaired) electrons. The van der Waals surface area contributed by atoms with E-state index in [-0.39, 0.29) is 29.7 Å². The van der Waals surface area contributed by atoms with E-state index < -0.39 is 11.8 Å². The minimum Gasteiger partial charge on any atom is -0.493 e. The molecule has 0 spiro atoms. The number of hydrogen-bond donors (Lipinski definition) is 0. The SMILES string of the molecule is Cc1cc(C)c(C)c(OC2=COC3CC(OC(=O)c4ccc(F)cc4)CCC3C2=O)c1. The van der Waals surface area contributed by atoms with Crippen molar-refractivity contribution in [2.24, 2.45) is 5.92 Å². The van der Waals surface area contributed by atoms with E-state index in [0.717, 1.165) is 16.7 Å². The molecule has 0 aromatic heterocycles. The van der Waals surface area contributed by atoms with Gasteiger partial charge in [0, 0.05) is 6.42 Å². The number of benzene rings is 2. The van der Waals surface area contributed by atoms with Crippen LogP contribution < -0.4 is 4.74 Å². The molecule has 0 N–H and O–H groups in total. The van der Waals surface area contributed by atoms with Gasteiger partial charge < -0.3 is 14.2 Å². The van der Waals surface area contributed by atoms with Crippen LogP contribution >= 0.6 is 0 Å². The third-order valence-corrected chi connectivity index (χ3v) is 6.01. The summed E-state index contributed by atoms with van der Waals surface area (Å²) in [7, 11) is 0. The van der Waals surface area contributed by atoms with Crippen molar-refractivity contribution in [1.29, 1.82) is 0 Å². The van der Waals surface area contributed by atoms with Crippen LogP contribution in [0.1, 0.15) is 46.3 Å². The van der Waals surface area contributed by atoms with Crippen LogP contribution in [0.5, 0.6) is 5.75 Å². The van der Waals surface area contributed by atoms with Gasteiger partial charge in [0.2, 0.25) is 11.5 Å². The van der Waals surface area contributed by atoms with Crippen molar-refractivity contribution in [2.45, 2.75) is 52.2 Å². The molecule has 0 bridgehead atoms. The maximum Gasteiger partial charge on any atom is 0.338 e. The lowest BCUT2D eigenvalue weighted by Crippen LogP contribution is -2.43. The molecule has 31 heavy (non-hydrogen) atoms. The Balaban J connectivity index is 1.41. The van der Waals surface area contributed by atoms with E-state index in [9.17, 15) is 14.0 Å². The lowest BCUT2D eigenvalue weighted by Gasteiger charge is -2.36. The molecule has 0 amide bonds. The molecule has 1 saturated carbocycles. The van der Waals surface area contributed by atoms with E-state index >= 15 is 0 Å². The summed E-state index contributed by atoms with van der Waals surface area (Å²) in [5, 5.41) is 0. The highest BCUT2D eigenvalue weighted by molar-refractivity contribution is 5.96. The summed E-state index contributed by atoms with van der Waals surface area (Å²) in [6.07, 6.45) is 2.18. The number of ketones is 1. The fraction of sp³-hybridized carbons (Fsp3) is 0.360. The molecule has 2 aromatic rings. The van der Waals surface area contributed by atoms with Crippen molar-refractivity contribution in [2.75, 3.05) is 0 Å². The second-order valence-electron chi connectivity index (χ2n) is 8.28. The fourth-order valence-electron chi connectivity index (χ4n) is 4.14. The Morgan fingerprint density at radius 1 is 1.10 bits per heavy atom. The lowest BCUT2D eigenvalue weighted by atomic mass is 9.80. The first-order valence-corrected chi connectivity index (χ1v) is 10.4. The highest BCUT2D eigenvalue weighted by atomic mass is 19.1. The largest absolute Gasteiger partial charge is 0.493 e. The van der Waals surface area contributed by atoms with E-state index in [4.69, 9.17) is 14.2 Å². The quantitative estimate of drug-likeness (QED) is 0.649. The van der Waals surface area contributed by atoms with Crippen molar-refractivity contribution in [3.8, 4) is 5.75 Å². The summed E-state index contributed by atoms with van der Waals surface area (Å²) in [6.45, 7) is 5.95. The summed E-state index contributed by atoms with van der Waals surface area (Å²) in [6, 6.07) is 9.21. The monoisotopic (exact) mass is 424 g/mol. The predicted molar refractivity (Wildman–Crippen MR) is 112 cm³/mol. The number of Topliss-reactive ketones (excluding diaryl/α,β-unsaturated/α-hetero) is 1. The molecule has 5 nitrogen and oxygen atoms in total.